The molecule has 0 aromatic rings. The fourth-order valence-corrected chi connectivity index (χ4v) is 1.84. The number of hydrogen-bond acceptors (Lipinski definition) is 5. The molecule has 0 fully saturated rings. The van der Waals surface area contributed by atoms with Gasteiger partial charge in [0.2, 0.25) is 5.25 Å². The van der Waals surface area contributed by atoms with E-state index in [2.05, 4.69) is 12.6 Å². The van der Waals surface area contributed by atoms with Gasteiger partial charge in [0.05, 0.1) is 0 Å². The summed E-state index contributed by atoms with van der Waals surface area (Å²) in [6.45, 7) is 0. The topological polar surface area (TPSA) is 129 Å². The number of carboxylic acid groups (broad SMARTS) is 2. The third-order valence-electron chi connectivity index (χ3n) is 1.10. The summed E-state index contributed by atoms with van der Waals surface area (Å²) >= 11 is 3.23. The summed E-state index contributed by atoms with van der Waals surface area (Å²) in [5, 5.41) is 12.1. The Labute approximate surface area is 164 Å². The SMILES string of the molecule is O=C(O)C(S)C(C(=O)O)S(=O)(=O)O.[NaH].[NaH].[NaH]. The van der Waals surface area contributed by atoms with E-state index in [1.807, 2.05) is 0 Å². The van der Waals surface area contributed by atoms with E-state index in [1.165, 1.54) is 0 Å². The predicted octanol–water partition coefficient (Wildman–Crippen LogP) is -3.24. The van der Waals surface area contributed by atoms with E-state index >= 15 is 0 Å². The van der Waals surface area contributed by atoms with Gasteiger partial charge < -0.3 is 10.2 Å². The Bertz CT molecular complexity index is 329. The molecule has 0 aliphatic heterocycles. The van der Waals surface area contributed by atoms with E-state index in [0.717, 1.165) is 0 Å². The molecule has 0 aromatic heterocycles. The monoisotopic (exact) mass is 302 g/mol. The summed E-state index contributed by atoms with van der Waals surface area (Å²) in [7, 11) is -4.97. The molecule has 0 radical (unpaired) electrons. The van der Waals surface area contributed by atoms with Crippen molar-refractivity contribution in [1.82, 2.24) is 0 Å². The van der Waals surface area contributed by atoms with Crippen LogP contribution in [0, 0.1) is 0 Å². The van der Waals surface area contributed by atoms with Crippen LogP contribution >= 0.6 is 12.6 Å². The number of thiol groups is 1. The van der Waals surface area contributed by atoms with Crippen LogP contribution in [-0.2, 0) is 19.7 Å². The fraction of sp³-hybridized carbons (Fsp3) is 0.500. The van der Waals surface area contributed by atoms with Crippen LogP contribution < -0.4 is 0 Å². The van der Waals surface area contributed by atoms with Crippen LogP contribution in [0.25, 0.3) is 0 Å². The van der Waals surface area contributed by atoms with Crippen molar-refractivity contribution in [1.29, 1.82) is 0 Å². The first kappa shape index (κ1) is 26.7. The number of carboxylic acids is 2. The zero-order valence-electron chi connectivity index (χ0n) is 5.98. The molecule has 0 heterocycles. The first-order chi connectivity index (χ1) is 5.68. The van der Waals surface area contributed by atoms with Crippen LogP contribution in [0.15, 0.2) is 0 Å². The van der Waals surface area contributed by atoms with E-state index in [0.29, 0.717) is 0 Å². The molecule has 16 heavy (non-hydrogen) atoms. The molecule has 0 amide bonds. The van der Waals surface area contributed by atoms with Crippen molar-refractivity contribution in [2.75, 3.05) is 0 Å². The van der Waals surface area contributed by atoms with Gasteiger partial charge in [0.25, 0.3) is 10.1 Å². The van der Waals surface area contributed by atoms with E-state index < -0.39 is 32.6 Å². The molecule has 7 nitrogen and oxygen atoms in total. The summed E-state index contributed by atoms with van der Waals surface area (Å²) in [5.74, 6) is -3.71. The van der Waals surface area contributed by atoms with Gasteiger partial charge in [-0.15, -0.1) is 0 Å². The Morgan fingerprint density at radius 1 is 1.00 bits per heavy atom. The molecule has 0 bridgehead atoms. The number of carbonyl (C=O) groups is 2. The van der Waals surface area contributed by atoms with Crippen molar-refractivity contribution in [2.24, 2.45) is 0 Å². The fourth-order valence-electron chi connectivity index (χ4n) is 0.555. The molecule has 0 spiro atoms. The number of rotatable bonds is 4. The average molecular weight is 302 g/mol. The third kappa shape index (κ3) is 9.17. The summed E-state index contributed by atoms with van der Waals surface area (Å²) in [5.41, 5.74) is 0. The standard InChI is InChI=1S/C4H6O7S2.3Na.3H/c5-3(6)1(12)2(4(7)8)13(9,10)11;;;;;;/h1-2,12H,(H,5,6)(H,7,8)(H,9,10,11);;;;;;. The van der Waals surface area contributed by atoms with Crippen LogP contribution in [0.1, 0.15) is 0 Å². The van der Waals surface area contributed by atoms with Gasteiger partial charge in [-0.05, 0) is 0 Å². The molecule has 0 saturated heterocycles. The molecule has 0 aliphatic rings. The maximum atomic E-state index is 10.4. The van der Waals surface area contributed by atoms with Gasteiger partial charge in [-0.3, -0.25) is 14.1 Å². The van der Waals surface area contributed by atoms with E-state index in [1.54, 1.807) is 0 Å². The zero-order chi connectivity index (χ0) is 10.8. The molecular formula is C4H9Na3O7S2. The van der Waals surface area contributed by atoms with Crippen LogP contribution in [0.3, 0.4) is 0 Å². The molecule has 2 unspecified atom stereocenters. The minimum absolute atomic E-state index is 0. The number of hydrogen-bond donors (Lipinski definition) is 4. The molecule has 0 aliphatic carbocycles. The molecule has 0 rings (SSSR count). The van der Waals surface area contributed by atoms with Crippen molar-refractivity contribution in [3.05, 3.63) is 0 Å². The van der Waals surface area contributed by atoms with E-state index in [9.17, 15) is 18.0 Å². The average Bonchev–Trinajstić information content (AvgIpc) is 1.82. The molecule has 0 saturated carbocycles. The van der Waals surface area contributed by atoms with Crippen LogP contribution in [0.5, 0.6) is 0 Å². The molecule has 0 aromatic carbocycles. The first-order valence-electron chi connectivity index (χ1n) is 2.78. The minimum atomic E-state index is -4.97. The summed E-state index contributed by atoms with van der Waals surface area (Å²) in [6.07, 6.45) is 0. The number of aliphatic carboxylic acids is 2. The Morgan fingerprint density at radius 3 is 1.38 bits per heavy atom. The van der Waals surface area contributed by atoms with Crippen LogP contribution in [0.4, 0.5) is 0 Å². The third-order valence-corrected chi connectivity index (χ3v) is 2.94. The second-order valence-corrected chi connectivity index (χ2v) is 4.15. The normalized spacial score (nSPS) is 13.1. The molecule has 12 heteroatoms. The summed E-state index contributed by atoms with van der Waals surface area (Å²) in [6, 6.07) is 0. The van der Waals surface area contributed by atoms with Gasteiger partial charge in [0, 0.05) is 0 Å². The zero-order valence-corrected chi connectivity index (χ0v) is 7.70. The van der Waals surface area contributed by atoms with Gasteiger partial charge in [0.1, 0.15) is 5.25 Å². The van der Waals surface area contributed by atoms with Gasteiger partial charge in [-0.1, -0.05) is 0 Å². The van der Waals surface area contributed by atoms with Crippen molar-refractivity contribution in [3.8, 4) is 0 Å². The Kier molecular flexibility index (Phi) is 18.5. The molecule has 2 atom stereocenters. The van der Waals surface area contributed by atoms with E-state index in [4.69, 9.17) is 14.8 Å². The van der Waals surface area contributed by atoms with Crippen LogP contribution in [-0.4, -0.2) is 134 Å². The van der Waals surface area contributed by atoms with Crippen LogP contribution in [0.2, 0.25) is 0 Å². The van der Waals surface area contributed by atoms with Gasteiger partial charge in [-0.25, -0.2) is 0 Å². The van der Waals surface area contributed by atoms with Crippen molar-refractivity contribution >= 4 is 123 Å². The van der Waals surface area contributed by atoms with Crippen molar-refractivity contribution in [3.63, 3.8) is 0 Å². The Morgan fingerprint density at radius 2 is 1.31 bits per heavy atom. The second kappa shape index (κ2) is 11.1. The van der Waals surface area contributed by atoms with Gasteiger partial charge in [0.15, 0.2) is 0 Å². The van der Waals surface area contributed by atoms with Gasteiger partial charge >= 0.3 is 101 Å². The summed E-state index contributed by atoms with van der Waals surface area (Å²) in [4.78, 5) is 20.4. The molecular weight excluding hydrogens is 293 g/mol. The quantitative estimate of drug-likeness (QED) is 0.244. The van der Waals surface area contributed by atoms with Crippen molar-refractivity contribution in [2.45, 2.75) is 10.5 Å². The van der Waals surface area contributed by atoms with Gasteiger partial charge in [-0.2, -0.15) is 21.0 Å². The molecule has 82 valence electrons. The first-order valence-corrected chi connectivity index (χ1v) is 4.80. The molecule has 3 N–H and O–H groups in total. The Balaban J connectivity index is -0.000000240. The van der Waals surface area contributed by atoms with E-state index in [-0.39, 0.29) is 88.7 Å². The summed E-state index contributed by atoms with van der Waals surface area (Å²) < 4.78 is 29.1. The Hall–Kier alpha value is 2.20. The predicted molar refractivity (Wildman–Crippen MR) is 64.8 cm³/mol. The maximum absolute atomic E-state index is 10.4. The van der Waals surface area contributed by atoms with Crippen molar-refractivity contribution < 1.29 is 32.8 Å². The second-order valence-electron chi connectivity index (χ2n) is 2.06.